The molecule has 5 nitrogen and oxygen atoms in total. The zero-order valence-electron chi connectivity index (χ0n) is 16.2. The van der Waals surface area contributed by atoms with Crippen molar-refractivity contribution in [2.24, 2.45) is 10.7 Å². The number of nitrogens with one attached hydrogen (secondary N) is 1. The number of carbonyl (C=O) groups is 1. The number of carbonyl (C=O) groups excluding carboxylic acids is 1. The highest BCUT2D eigenvalue weighted by molar-refractivity contribution is 5.78. The van der Waals surface area contributed by atoms with E-state index in [9.17, 15) is 4.79 Å². The van der Waals surface area contributed by atoms with Crippen molar-refractivity contribution in [3.8, 4) is 0 Å². The number of aliphatic imine (C=N–C) groups is 1. The molecule has 1 aliphatic heterocycles. The Labute approximate surface area is 158 Å². The average molecular weight is 359 g/mol. The molecular formula is C21H34N4O. The number of guanidine groups is 1. The van der Waals surface area contributed by atoms with E-state index in [-0.39, 0.29) is 5.91 Å². The van der Waals surface area contributed by atoms with Gasteiger partial charge in [-0.1, -0.05) is 63.3 Å². The smallest absolute Gasteiger partial charge is 0.222 e. The summed E-state index contributed by atoms with van der Waals surface area (Å²) in [7, 11) is 0. The highest BCUT2D eigenvalue weighted by atomic mass is 16.2. The van der Waals surface area contributed by atoms with E-state index in [1.54, 1.807) is 0 Å². The van der Waals surface area contributed by atoms with E-state index in [1.807, 2.05) is 11.0 Å². The molecule has 3 N–H and O–H groups in total. The number of amides is 1. The van der Waals surface area contributed by atoms with E-state index in [2.05, 4.69) is 35.4 Å². The molecule has 5 heteroatoms. The van der Waals surface area contributed by atoms with E-state index in [0.717, 1.165) is 37.1 Å². The minimum absolute atomic E-state index is 0.261. The summed E-state index contributed by atoms with van der Waals surface area (Å²) >= 11 is 0. The predicted octanol–water partition coefficient (Wildman–Crippen LogP) is 3.57. The van der Waals surface area contributed by atoms with Gasteiger partial charge in [-0.05, 0) is 24.0 Å². The molecule has 1 heterocycles. The number of benzene rings is 1. The lowest BCUT2D eigenvalue weighted by molar-refractivity contribution is -0.128. The van der Waals surface area contributed by atoms with E-state index in [0.29, 0.717) is 25.5 Å². The minimum atomic E-state index is 0.261. The number of likely N-dealkylation sites (tertiary alicyclic amines) is 1. The fourth-order valence-corrected chi connectivity index (χ4v) is 3.27. The van der Waals surface area contributed by atoms with Crippen LogP contribution in [0.5, 0.6) is 0 Å². The summed E-state index contributed by atoms with van der Waals surface area (Å²) in [5.41, 5.74) is 8.24. The van der Waals surface area contributed by atoms with E-state index >= 15 is 0 Å². The molecule has 0 bridgehead atoms. The molecule has 0 saturated carbocycles. The minimum Gasteiger partial charge on any atom is -0.370 e. The summed E-state index contributed by atoms with van der Waals surface area (Å²) in [5, 5.41) is 3.20. The molecule has 1 fully saturated rings. The van der Waals surface area contributed by atoms with Gasteiger partial charge in [0.25, 0.3) is 0 Å². The quantitative estimate of drug-likeness (QED) is 0.361. The number of nitrogens with zero attached hydrogens (tertiary/aromatic N) is 2. The molecule has 0 radical (unpaired) electrons. The second-order valence-corrected chi connectivity index (χ2v) is 7.13. The molecule has 0 aromatic heterocycles. The van der Waals surface area contributed by atoms with Gasteiger partial charge in [0.05, 0.1) is 6.54 Å². The highest BCUT2D eigenvalue weighted by Crippen LogP contribution is 2.15. The third kappa shape index (κ3) is 7.46. The Morgan fingerprint density at radius 2 is 1.96 bits per heavy atom. The molecule has 144 valence electrons. The molecule has 1 aliphatic rings. The average Bonchev–Trinajstić information content (AvgIpc) is 3.04. The zero-order valence-corrected chi connectivity index (χ0v) is 16.2. The first-order chi connectivity index (χ1) is 12.7. The first-order valence-electron chi connectivity index (χ1n) is 10.1. The van der Waals surface area contributed by atoms with Gasteiger partial charge in [0.1, 0.15) is 0 Å². The van der Waals surface area contributed by atoms with Gasteiger partial charge < -0.3 is 16.0 Å². The van der Waals surface area contributed by atoms with Crippen LogP contribution >= 0.6 is 0 Å². The molecule has 0 unspecified atom stereocenters. The molecule has 1 aromatic rings. The Morgan fingerprint density at radius 3 is 2.73 bits per heavy atom. The lowest BCUT2D eigenvalue weighted by Crippen LogP contribution is -2.32. The fourth-order valence-electron chi connectivity index (χ4n) is 3.27. The van der Waals surface area contributed by atoms with Crippen molar-refractivity contribution in [2.45, 2.75) is 71.4 Å². The second kappa shape index (κ2) is 11.6. The maximum atomic E-state index is 11.8. The van der Waals surface area contributed by atoms with Gasteiger partial charge in [-0.2, -0.15) is 0 Å². The van der Waals surface area contributed by atoms with Crippen molar-refractivity contribution >= 4 is 11.9 Å². The molecular weight excluding hydrogens is 324 g/mol. The third-order valence-electron chi connectivity index (χ3n) is 4.80. The Balaban J connectivity index is 1.69. The summed E-state index contributed by atoms with van der Waals surface area (Å²) in [6.45, 7) is 5.26. The van der Waals surface area contributed by atoms with Crippen LogP contribution in [0.1, 0.15) is 69.4 Å². The van der Waals surface area contributed by atoms with Crippen molar-refractivity contribution in [1.29, 1.82) is 0 Å². The van der Waals surface area contributed by atoms with Crippen LogP contribution in [0, 0.1) is 0 Å². The van der Waals surface area contributed by atoms with Crippen molar-refractivity contribution in [2.75, 3.05) is 13.1 Å². The molecule has 0 spiro atoms. The Kier molecular flexibility index (Phi) is 9.01. The number of unbranched alkanes of at least 4 members (excludes halogenated alkanes) is 5. The second-order valence-electron chi connectivity index (χ2n) is 7.13. The summed E-state index contributed by atoms with van der Waals surface area (Å²) in [6.07, 6.45) is 9.30. The van der Waals surface area contributed by atoms with E-state index in [4.69, 9.17) is 5.73 Å². The molecule has 0 aliphatic carbocycles. The molecule has 0 atom stereocenters. The van der Waals surface area contributed by atoms with Crippen LogP contribution in [0.3, 0.4) is 0 Å². The Bertz CT molecular complexity index is 585. The molecule has 26 heavy (non-hydrogen) atoms. The number of hydrogen-bond donors (Lipinski definition) is 2. The van der Waals surface area contributed by atoms with Crippen molar-refractivity contribution in [3.05, 3.63) is 35.4 Å². The van der Waals surface area contributed by atoms with Crippen LogP contribution in [0.4, 0.5) is 0 Å². The molecule has 1 aromatic carbocycles. The van der Waals surface area contributed by atoms with Crippen molar-refractivity contribution < 1.29 is 4.79 Å². The van der Waals surface area contributed by atoms with E-state index < -0.39 is 0 Å². The number of rotatable bonds is 11. The lowest BCUT2D eigenvalue weighted by atomic mass is 10.1. The van der Waals surface area contributed by atoms with Crippen LogP contribution in [-0.4, -0.2) is 29.9 Å². The van der Waals surface area contributed by atoms with Crippen molar-refractivity contribution in [1.82, 2.24) is 10.2 Å². The van der Waals surface area contributed by atoms with Gasteiger partial charge in [-0.25, -0.2) is 4.99 Å². The molecule has 2 rings (SSSR count). The summed E-state index contributed by atoms with van der Waals surface area (Å²) in [6, 6.07) is 8.27. The Morgan fingerprint density at radius 1 is 1.19 bits per heavy atom. The highest BCUT2D eigenvalue weighted by Gasteiger charge is 2.19. The van der Waals surface area contributed by atoms with Crippen LogP contribution in [0.2, 0.25) is 0 Å². The van der Waals surface area contributed by atoms with Crippen LogP contribution in [0.15, 0.2) is 29.3 Å². The maximum absolute atomic E-state index is 11.8. The van der Waals surface area contributed by atoms with Gasteiger partial charge in [-0.15, -0.1) is 0 Å². The normalized spacial score (nSPS) is 14.9. The summed E-state index contributed by atoms with van der Waals surface area (Å²) < 4.78 is 0. The van der Waals surface area contributed by atoms with Crippen LogP contribution in [0.25, 0.3) is 0 Å². The van der Waals surface area contributed by atoms with Gasteiger partial charge in [0.15, 0.2) is 5.96 Å². The number of hydrogen-bond acceptors (Lipinski definition) is 2. The topological polar surface area (TPSA) is 70.7 Å². The van der Waals surface area contributed by atoms with Gasteiger partial charge >= 0.3 is 0 Å². The van der Waals surface area contributed by atoms with Gasteiger partial charge in [-0.3, -0.25) is 4.79 Å². The first kappa shape index (κ1) is 20.3. The largest absolute Gasteiger partial charge is 0.370 e. The van der Waals surface area contributed by atoms with Crippen LogP contribution in [-0.2, 0) is 17.9 Å². The molecule has 1 amide bonds. The molecule has 1 saturated heterocycles. The first-order valence-corrected chi connectivity index (χ1v) is 10.1. The summed E-state index contributed by atoms with van der Waals surface area (Å²) in [4.78, 5) is 18.1. The Hall–Kier alpha value is -2.04. The fraction of sp³-hybridized carbons (Fsp3) is 0.619. The standard InChI is InChI=1S/C21H34N4O/c1-2-3-4-5-6-7-13-23-21(22)24-16-18-10-8-11-19(15-18)17-25-14-9-12-20(25)26/h8,10-11,15H,2-7,9,12-14,16-17H2,1H3,(H3,22,23,24). The van der Waals surface area contributed by atoms with Gasteiger partial charge in [0, 0.05) is 26.1 Å². The number of nitrogens with two attached hydrogens (primary N) is 1. The maximum Gasteiger partial charge on any atom is 0.222 e. The third-order valence-corrected chi connectivity index (χ3v) is 4.80. The zero-order chi connectivity index (χ0) is 18.6. The monoisotopic (exact) mass is 358 g/mol. The van der Waals surface area contributed by atoms with Gasteiger partial charge in [0.2, 0.25) is 5.91 Å². The van der Waals surface area contributed by atoms with E-state index in [1.165, 1.54) is 32.1 Å². The predicted molar refractivity (Wildman–Crippen MR) is 108 cm³/mol. The SMILES string of the molecule is CCCCCCCCNC(N)=NCc1cccc(CN2CCCC2=O)c1. The summed E-state index contributed by atoms with van der Waals surface area (Å²) in [5.74, 6) is 0.773. The van der Waals surface area contributed by atoms with Crippen LogP contribution < -0.4 is 11.1 Å². The lowest BCUT2D eigenvalue weighted by Gasteiger charge is -2.15. The van der Waals surface area contributed by atoms with Crippen molar-refractivity contribution in [3.63, 3.8) is 0 Å².